The summed E-state index contributed by atoms with van der Waals surface area (Å²) in [6, 6.07) is 0. The highest BCUT2D eigenvalue weighted by Gasteiger charge is 2.35. The Bertz CT molecular complexity index is 391. The van der Waals surface area contributed by atoms with Crippen molar-refractivity contribution in [3.63, 3.8) is 0 Å². The predicted octanol–water partition coefficient (Wildman–Crippen LogP) is 2.08. The highest BCUT2D eigenvalue weighted by Crippen LogP contribution is 2.38. The molecule has 1 aliphatic rings. The summed E-state index contributed by atoms with van der Waals surface area (Å²) in [5.41, 5.74) is 0.299. The number of sulfonamides is 1. The van der Waals surface area contributed by atoms with E-state index in [-0.39, 0.29) is 18.6 Å². The fourth-order valence-corrected chi connectivity index (χ4v) is 4.24. The zero-order chi connectivity index (χ0) is 14.5. The summed E-state index contributed by atoms with van der Waals surface area (Å²) in [6.45, 7) is 5.50. The molecule has 0 aromatic heterocycles. The first kappa shape index (κ1) is 16.4. The van der Waals surface area contributed by atoms with Gasteiger partial charge in [-0.05, 0) is 24.7 Å². The molecule has 0 bridgehead atoms. The van der Waals surface area contributed by atoms with Crippen LogP contribution in [-0.2, 0) is 14.8 Å². The molecule has 0 unspecified atom stereocenters. The van der Waals surface area contributed by atoms with Crippen molar-refractivity contribution in [2.24, 2.45) is 5.41 Å². The second kappa shape index (κ2) is 6.70. The van der Waals surface area contributed by atoms with Gasteiger partial charge >= 0.3 is 5.97 Å². The molecule has 1 rings (SSSR count). The molecule has 19 heavy (non-hydrogen) atoms. The summed E-state index contributed by atoms with van der Waals surface area (Å²) >= 11 is 0. The molecule has 1 N–H and O–H groups in total. The normalized spacial score (nSPS) is 20.3. The maximum absolute atomic E-state index is 12.1. The fourth-order valence-electron chi connectivity index (χ4n) is 2.73. The Hall–Kier alpha value is -0.620. The van der Waals surface area contributed by atoms with Crippen LogP contribution in [0.4, 0.5) is 0 Å². The van der Waals surface area contributed by atoms with Gasteiger partial charge in [-0.3, -0.25) is 4.79 Å². The zero-order valence-electron chi connectivity index (χ0n) is 11.9. The third-order valence-electron chi connectivity index (χ3n) is 4.47. The van der Waals surface area contributed by atoms with Crippen LogP contribution in [0.5, 0.6) is 0 Å². The van der Waals surface area contributed by atoms with Gasteiger partial charge in [0.25, 0.3) is 0 Å². The molecule has 112 valence electrons. The van der Waals surface area contributed by atoms with Gasteiger partial charge in [0, 0.05) is 19.5 Å². The van der Waals surface area contributed by atoms with Crippen LogP contribution in [0.15, 0.2) is 0 Å². The molecule has 0 aromatic carbocycles. The Morgan fingerprint density at radius 3 is 2.16 bits per heavy atom. The Balaban J connectivity index is 2.52. The summed E-state index contributed by atoms with van der Waals surface area (Å²) in [6.07, 6.45) is 4.13. The van der Waals surface area contributed by atoms with Gasteiger partial charge < -0.3 is 5.11 Å². The lowest BCUT2D eigenvalue weighted by atomic mass is 9.75. The first-order valence-corrected chi connectivity index (χ1v) is 8.66. The Morgan fingerprint density at radius 1 is 1.21 bits per heavy atom. The molecule has 0 atom stereocenters. The first-order chi connectivity index (χ1) is 8.85. The second-order valence-electron chi connectivity index (χ2n) is 5.42. The number of carboxylic acid groups (broad SMARTS) is 1. The van der Waals surface area contributed by atoms with Crippen LogP contribution in [0.25, 0.3) is 0 Å². The largest absolute Gasteiger partial charge is 0.481 e. The van der Waals surface area contributed by atoms with E-state index in [1.165, 1.54) is 0 Å². The van der Waals surface area contributed by atoms with E-state index >= 15 is 0 Å². The summed E-state index contributed by atoms with van der Waals surface area (Å²) in [5, 5.41) is 8.54. The van der Waals surface area contributed by atoms with Gasteiger partial charge in [0.05, 0.1) is 5.75 Å². The highest BCUT2D eigenvalue weighted by atomic mass is 32.2. The lowest BCUT2D eigenvalue weighted by Crippen LogP contribution is -2.43. The van der Waals surface area contributed by atoms with Gasteiger partial charge in [0.2, 0.25) is 10.0 Å². The number of aliphatic carboxylic acids is 1. The van der Waals surface area contributed by atoms with E-state index in [9.17, 15) is 13.2 Å². The van der Waals surface area contributed by atoms with Crippen molar-refractivity contribution < 1.29 is 18.3 Å². The van der Waals surface area contributed by atoms with Crippen LogP contribution in [0.2, 0.25) is 0 Å². The van der Waals surface area contributed by atoms with Crippen LogP contribution < -0.4 is 0 Å². The van der Waals surface area contributed by atoms with Crippen LogP contribution in [-0.4, -0.2) is 42.6 Å². The number of nitrogens with zero attached hydrogens (tertiary/aromatic N) is 1. The lowest BCUT2D eigenvalue weighted by Gasteiger charge is -2.40. The molecule has 1 aliphatic heterocycles. The van der Waals surface area contributed by atoms with Gasteiger partial charge in [0.15, 0.2) is 0 Å². The molecule has 6 heteroatoms. The quantitative estimate of drug-likeness (QED) is 0.779. The summed E-state index contributed by atoms with van der Waals surface area (Å²) < 4.78 is 25.7. The van der Waals surface area contributed by atoms with E-state index in [0.717, 1.165) is 25.7 Å². The van der Waals surface area contributed by atoms with Crippen LogP contribution in [0.1, 0.15) is 52.4 Å². The van der Waals surface area contributed by atoms with Gasteiger partial charge in [-0.2, -0.15) is 0 Å². The van der Waals surface area contributed by atoms with E-state index < -0.39 is 16.0 Å². The van der Waals surface area contributed by atoms with Crippen LogP contribution in [0.3, 0.4) is 0 Å². The maximum atomic E-state index is 12.1. The Morgan fingerprint density at radius 2 is 1.74 bits per heavy atom. The minimum absolute atomic E-state index is 0.0510. The SMILES string of the molecule is CCC1(CC)CCN(S(=O)(=O)CCCC(=O)O)CC1. The van der Waals surface area contributed by atoms with Crippen LogP contribution in [0, 0.1) is 5.41 Å². The van der Waals surface area contributed by atoms with Crippen molar-refractivity contribution >= 4 is 16.0 Å². The molecule has 5 nitrogen and oxygen atoms in total. The van der Waals surface area contributed by atoms with Crippen molar-refractivity contribution in [3.05, 3.63) is 0 Å². The zero-order valence-corrected chi connectivity index (χ0v) is 12.7. The average molecular weight is 291 g/mol. The highest BCUT2D eigenvalue weighted by molar-refractivity contribution is 7.89. The van der Waals surface area contributed by atoms with Gasteiger partial charge in [0.1, 0.15) is 0 Å². The minimum Gasteiger partial charge on any atom is -0.481 e. The molecule has 0 aliphatic carbocycles. The fraction of sp³-hybridized carbons (Fsp3) is 0.923. The van der Waals surface area contributed by atoms with Crippen molar-refractivity contribution in [1.82, 2.24) is 4.31 Å². The van der Waals surface area contributed by atoms with Crippen molar-refractivity contribution in [1.29, 1.82) is 0 Å². The van der Waals surface area contributed by atoms with E-state index in [1.54, 1.807) is 4.31 Å². The monoisotopic (exact) mass is 291 g/mol. The minimum atomic E-state index is -3.28. The van der Waals surface area contributed by atoms with Crippen molar-refractivity contribution in [2.75, 3.05) is 18.8 Å². The number of hydrogen-bond acceptors (Lipinski definition) is 3. The molecule has 1 heterocycles. The molecular weight excluding hydrogens is 266 g/mol. The molecule has 0 radical (unpaired) electrons. The standard InChI is InChI=1S/C13H25NO4S/c1-3-13(4-2)7-9-14(10-8-13)19(17,18)11-5-6-12(15)16/h3-11H2,1-2H3,(H,15,16). The summed E-state index contributed by atoms with van der Waals surface area (Å²) in [4.78, 5) is 10.4. The molecule has 0 amide bonds. The van der Waals surface area contributed by atoms with E-state index in [1.807, 2.05) is 0 Å². The van der Waals surface area contributed by atoms with Crippen molar-refractivity contribution in [2.45, 2.75) is 52.4 Å². The topological polar surface area (TPSA) is 74.7 Å². The lowest BCUT2D eigenvalue weighted by molar-refractivity contribution is -0.137. The maximum Gasteiger partial charge on any atom is 0.303 e. The van der Waals surface area contributed by atoms with E-state index in [0.29, 0.717) is 18.5 Å². The number of piperidine rings is 1. The third-order valence-corrected chi connectivity index (χ3v) is 6.43. The number of carbonyl (C=O) groups is 1. The number of rotatable bonds is 7. The second-order valence-corrected chi connectivity index (χ2v) is 7.51. The van der Waals surface area contributed by atoms with Gasteiger partial charge in [-0.25, -0.2) is 12.7 Å². The van der Waals surface area contributed by atoms with Crippen LogP contribution >= 0.6 is 0 Å². The Kier molecular flexibility index (Phi) is 5.80. The van der Waals surface area contributed by atoms with E-state index in [2.05, 4.69) is 13.8 Å². The average Bonchev–Trinajstić information content (AvgIpc) is 2.38. The van der Waals surface area contributed by atoms with Gasteiger partial charge in [-0.1, -0.05) is 26.7 Å². The smallest absolute Gasteiger partial charge is 0.303 e. The molecule has 0 aromatic rings. The summed E-state index contributed by atoms with van der Waals surface area (Å²) in [5.74, 6) is -0.991. The summed E-state index contributed by atoms with van der Waals surface area (Å²) in [7, 11) is -3.28. The van der Waals surface area contributed by atoms with E-state index in [4.69, 9.17) is 5.11 Å². The predicted molar refractivity (Wildman–Crippen MR) is 74.5 cm³/mol. The van der Waals surface area contributed by atoms with Gasteiger partial charge in [-0.15, -0.1) is 0 Å². The van der Waals surface area contributed by atoms with Crippen molar-refractivity contribution in [3.8, 4) is 0 Å². The Labute approximate surface area is 116 Å². The molecule has 0 saturated carbocycles. The number of carboxylic acids is 1. The first-order valence-electron chi connectivity index (χ1n) is 7.05. The number of hydrogen-bond donors (Lipinski definition) is 1. The molecule has 1 saturated heterocycles. The molecular formula is C13H25NO4S. The molecule has 1 fully saturated rings. The molecule has 0 spiro atoms. The third kappa shape index (κ3) is 4.45.